The fraction of sp³-hybridized carbons (Fsp3) is 0.625. The number of nitrogens with zero attached hydrogens (tertiary/aromatic N) is 1. The Hall–Kier alpha value is -0.0300. The largest absolute Gasteiger partial charge is 0.382 e. The molecule has 80 valence electrons. The van der Waals surface area contributed by atoms with Crippen LogP contribution in [0.25, 0.3) is 0 Å². The summed E-state index contributed by atoms with van der Waals surface area (Å²) in [4.78, 5) is 11.4. The highest BCUT2D eigenvalue weighted by molar-refractivity contribution is 7.11. The topological polar surface area (TPSA) is 31.2 Å². The molecule has 0 aliphatic heterocycles. The van der Waals surface area contributed by atoms with Gasteiger partial charge in [0.1, 0.15) is 9.36 Å². The summed E-state index contributed by atoms with van der Waals surface area (Å²) < 4.78 is 7.06. The van der Waals surface area contributed by atoms with Gasteiger partial charge in [0.05, 0.1) is 0 Å². The van der Waals surface area contributed by atoms with Crippen molar-refractivity contribution >= 4 is 34.7 Å². The quantitative estimate of drug-likeness (QED) is 0.758. The van der Waals surface area contributed by atoms with Gasteiger partial charge in [-0.15, -0.1) is 0 Å². The van der Waals surface area contributed by atoms with E-state index in [2.05, 4.69) is 0 Å². The van der Waals surface area contributed by atoms with Crippen LogP contribution in [0.5, 0.6) is 0 Å². The van der Waals surface area contributed by atoms with Crippen molar-refractivity contribution in [3.8, 4) is 0 Å². The zero-order valence-corrected chi connectivity index (χ0v) is 10.1. The molecule has 0 spiro atoms. The van der Waals surface area contributed by atoms with Gasteiger partial charge < -0.3 is 4.74 Å². The van der Waals surface area contributed by atoms with E-state index < -0.39 is 0 Å². The second-order valence-corrected chi connectivity index (χ2v) is 4.65. The van der Waals surface area contributed by atoms with Crippen LogP contribution in [-0.4, -0.2) is 17.2 Å². The Kier molecular flexibility index (Phi) is 4.95. The number of ether oxygens (including phenoxy) is 1. The average molecular weight is 256 g/mol. The van der Waals surface area contributed by atoms with Gasteiger partial charge in [0.2, 0.25) is 0 Å². The summed E-state index contributed by atoms with van der Waals surface area (Å²) in [7, 11) is 0. The first kappa shape index (κ1) is 12.0. The zero-order valence-electron chi connectivity index (χ0n) is 7.76. The molecule has 1 aromatic rings. The predicted molar refractivity (Wildman–Crippen MR) is 59.7 cm³/mol. The minimum Gasteiger partial charge on any atom is -0.382 e. The standard InChI is InChI=1S/C8H11Cl2NO2S/c1-2-13-5-3-4-11-8(12)6(9)7(10)14-11/h2-5H2,1H3. The van der Waals surface area contributed by atoms with Crippen LogP contribution >= 0.6 is 34.7 Å². The van der Waals surface area contributed by atoms with Crippen LogP contribution in [0.3, 0.4) is 0 Å². The van der Waals surface area contributed by atoms with Crippen LogP contribution in [-0.2, 0) is 11.3 Å². The molecule has 0 amide bonds. The van der Waals surface area contributed by atoms with Crippen LogP contribution in [0.15, 0.2) is 4.79 Å². The Labute approximate surface area is 96.3 Å². The van der Waals surface area contributed by atoms with Gasteiger partial charge >= 0.3 is 0 Å². The molecule has 0 bridgehead atoms. The maximum atomic E-state index is 11.4. The molecule has 0 unspecified atom stereocenters. The molecular formula is C8H11Cl2NO2S. The second kappa shape index (κ2) is 5.75. The van der Waals surface area contributed by atoms with Gasteiger partial charge in [-0.2, -0.15) is 0 Å². The molecule has 0 radical (unpaired) electrons. The lowest BCUT2D eigenvalue weighted by Crippen LogP contribution is -2.14. The van der Waals surface area contributed by atoms with Crippen molar-refractivity contribution in [2.45, 2.75) is 19.9 Å². The maximum Gasteiger partial charge on any atom is 0.280 e. The van der Waals surface area contributed by atoms with E-state index in [4.69, 9.17) is 27.9 Å². The van der Waals surface area contributed by atoms with E-state index in [1.807, 2.05) is 6.92 Å². The van der Waals surface area contributed by atoms with E-state index >= 15 is 0 Å². The molecular weight excluding hydrogens is 245 g/mol. The lowest BCUT2D eigenvalue weighted by Gasteiger charge is -2.00. The van der Waals surface area contributed by atoms with Gasteiger partial charge in [0, 0.05) is 19.8 Å². The van der Waals surface area contributed by atoms with Crippen molar-refractivity contribution in [2.24, 2.45) is 0 Å². The van der Waals surface area contributed by atoms with Crippen molar-refractivity contribution < 1.29 is 4.74 Å². The molecule has 1 aromatic heterocycles. The van der Waals surface area contributed by atoms with Crippen molar-refractivity contribution in [3.63, 3.8) is 0 Å². The van der Waals surface area contributed by atoms with E-state index in [1.54, 1.807) is 3.96 Å². The summed E-state index contributed by atoms with van der Waals surface area (Å²) in [5.74, 6) is 0. The first-order valence-electron chi connectivity index (χ1n) is 4.29. The monoisotopic (exact) mass is 255 g/mol. The summed E-state index contributed by atoms with van der Waals surface area (Å²) in [6, 6.07) is 0. The third kappa shape index (κ3) is 2.98. The van der Waals surface area contributed by atoms with E-state index in [9.17, 15) is 4.79 Å². The molecule has 0 aliphatic rings. The van der Waals surface area contributed by atoms with Crippen LogP contribution in [0, 0.1) is 0 Å². The van der Waals surface area contributed by atoms with E-state index in [0.717, 1.165) is 6.42 Å². The molecule has 0 aliphatic carbocycles. The number of hydrogen-bond acceptors (Lipinski definition) is 3. The number of halogens is 2. The Balaban J connectivity index is 2.51. The summed E-state index contributed by atoms with van der Waals surface area (Å²) in [5.41, 5.74) is -0.210. The molecule has 14 heavy (non-hydrogen) atoms. The summed E-state index contributed by atoms with van der Waals surface area (Å²) in [6.07, 6.45) is 0.793. The Bertz CT molecular complexity index is 348. The minimum absolute atomic E-state index is 0.119. The van der Waals surface area contributed by atoms with Gasteiger partial charge in [-0.25, -0.2) is 0 Å². The number of aryl methyl sites for hydroxylation is 1. The third-order valence-electron chi connectivity index (χ3n) is 1.63. The number of rotatable bonds is 5. The fourth-order valence-corrected chi connectivity index (χ4v) is 2.32. The Morgan fingerprint density at radius 1 is 1.50 bits per heavy atom. The molecule has 6 heteroatoms. The molecule has 0 saturated heterocycles. The van der Waals surface area contributed by atoms with Gasteiger partial charge in [0.25, 0.3) is 5.56 Å². The van der Waals surface area contributed by atoms with Crippen LogP contribution in [0.2, 0.25) is 9.36 Å². The molecule has 3 nitrogen and oxygen atoms in total. The van der Waals surface area contributed by atoms with Crippen LogP contribution in [0.1, 0.15) is 13.3 Å². The van der Waals surface area contributed by atoms with Gasteiger partial charge in [0.15, 0.2) is 0 Å². The average Bonchev–Trinajstić information content (AvgIpc) is 2.41. The molecule has 0 atom stereocenters. The van der Waals surface area contributed by atoms with E-state index in [0.29, 0.717) is 24.1 Å². The smallest absolute Gasteiger partial charge is 0.280 e. The van der Waals surface area contributed by atoms with Crippen molar-refractivity contribution in [3.05, 3.63) is 19.7 Å². The third-order valence-corrected chi connectivity index (χ3v) is 3.52. The van der Waals surface area contributed by atoms with E-state index in [-0.39, 0.29) is 10.6 Å². The van der Waals surface area contributed by atoms with Crippen molar-refractivity contribution in [1.82, 2.24) is 3.96 Å². The number of hydrogen-bond donors (Lipinski definition) is 0. The second-order valence-electron chi connectivity index (χ2n) is 2.64. The molecule has 0 fully saturated rings. The Morgan fingerprint density at radius 3 is 2.71 bits per heavy atom. The van der Waals surface area contributed by atoms with Crippen molar-refractivity contribution in [2.75, 3.05) is 13.2 Å². The van der Waals surface area contributed by atoms with Gasteiger partial charge in [-0.1, -0.05) is 23.2 Å². The molecule has 1 heterocycles. The zero-order chi connectivity index (χ0) is 10.6. The van der Waals surface area contributed by atoms with Crippen LogP contribution < -0.4 is 5.56 Å². The van der Waals surface area contributed by atoms with Gasteiger partial charge in [-0.05, 0) is 24.9 Å². The molecule has 0 N–H and O–H groups in total. The maximum absolute atomic E-state index is 11.4. The summed E-state index contributed by atoms with van der Waals surface area (Å²) in [5, 5.41) is 0.119. The van der Waals surface area contributed by atoms with Crippen molar-refractivity contribution in [1.29, 1.82) is 0 Å². The summed E-state index contributed by atoms with van der Waals surface area (Å²) in [6.45, 7) is 3.89. The van der Waals surface area contributed by atoms with Crippen LogP contribution in [0.4, 0.5) is 0 Å². The highest BCUT2D eigenvalue weighted by atomic mass is 35.5. The Morgan fingerprint density at radius 2 is 2.21 bits per heavy atom. The highest BCUT2D eigenvalue weighted by Gasteiger charge is 2.10. The molecule has 0 aromatic carbocycles. The lowest BCUT2D eigenvalue weighted by molar-refractivity contribution is 0.142. The highest BCUT2D eigenvalue weighted by Crippen LogP contribution is 2.23. The number of aromatic nitrogens is 1. The summed E-state index contributed by atoms with van der Waals surface area (Å²) >= 11 is 12.5. The first-order valence-corrected chi connectivity index (χ1v) is 5.82. The molecule has 1 rings (SSSR count). The minimum atomic E-state index is -0.210. The van der Waals surface area contributed by atoms with E-state index in [1.165, 1.54) is 11.5 Å². The normalized spacial score (nSPS) is 10.8. The SMILES string of the molecule is CCOCCCn1sc(Cl)c(Cl)c1=O. The molecule has 0 saturated carbocycles. The lowest BCUT2D eigenvalue weighted by atomic mass is 10.4. The predicted octanol–water partition coefficient (Wildman–Crippen LogP) is 2.64. The fourth-order valence-electron chi connectivity index (χ4n) is 0.974. The first-order chi connectivity index (χ1) is 6.66. The van der Waals surface area contributed by atoms with Gasteiger partial charge in [-0.3, -0.25) is 8.75 Å².